The Morgan fingerprint density at radius 2 is 1.28 bits per heavy atom. The van der Waals surface area contributed by atoms with Crippen molar-refractivity contribution in [1.29, 1.82) is 0 Å². The van der Waals surface area contributed by atoms with Gasteiger partial charge in [-0.2, -0.15) is 22.0 Å². The fourth-order valence-electron chi connectivity index (χ4n) is 1.23. The van der Waals surface area contributed by atoms with Crippen molar-refractivity contribution < 1.29 is 26.7 Å². The molecule has 0 aliphatic rings. The van der Waals surface area contributed by atoms with E-state index in [4.69, 9.17) is 0 Å². The van der Waals surface area contributed by atoms with Gasteiger partial charge in [0.05, 0.1) is 0 Å². The average Bonchev–Trinajstić information content (AvgIpc) is 2.14. The third-order valence-corrected chi connectivity index (χ3v) is 2.30. The molecule has 6 heteroatoms. The maximum Gasteiger partial charge on any atom is 0.499 e. The lowest BCUT2D eigenvalue weighted by molar-refractivity contribution is -0.360. The molecule has 0 spiro atoms. The summed E-state index contributed by atoms with van der Waals surface area (Å²) < 4.78 is 64.6. The van der Waals surface area contributed by atoms with Crippen molar-refractivity contribution in [2.45, 2.75) is 38.5 Å². The average molecular weight is 268 g/mol. The number of alkyl halides is 5. The minimum Gasteiger partial charge on any atom is -0.426 e. The van der Waals surface area contributed by atoms with Crippen molar-refractivity contribution >= 4 is 0 Å². The van der Waals surface area contributed by atoms with E-state index >= 15 is 0 Å². The summed E-state index contributed by atoms with van der Waals surface area (Å²) in [5, 5.41) is 0. The van der Waals surface area contributed by atoms with Crippen LogP contribution in [0.5, 0.6) is 5.75 Å². The summed E-state index contributed by atoms with van der Waals surface area (Å²) in [6.45, 7) is 5.69. The molecule has 0 bridgehead atoms. The van der Waals surface area contributed by atoms with Crippen LogP contribution in [0.1, 0.15) is 26.3 Å². The van der Waals surface area contributed by atoms with Crippen LogP contribution < -0.4 is 4.74 Å². The number of ether oxygens (including phenoxy) is 1. The van der Waals surface area contributed by atoms with Crippen molar-refractivity contribution in [2.75, 3.05) is 0 Å². The van der Waals surface area contributed by atoms with E-state index in [-0.39, 0.29) is 5.41 Å². The molecule has 1 aromatic carbocycles. The quantitative estimate of drug-likeness (QED) is 0.717. The van der Waals surface area contributed by atoms with E-state index in [1.165, 1.54) is 12.1 Å². The van der Waals surface area contributed by atoms with Crippen LogP contribution in [0.2, 0.25) is 0 Å². The number of halogens is 5. The van der Waals surface area contributed by atoms with E-state index in [0.29, 0.717) is 0 Å². The Morgan fingerprint density at radius 1 is 0.833 bits per heavy atom. The first kappa shape index (κ1) is 14.7. The molecule has 1 nitrogen and oxygen atoms in total. The fourth-order valence-corrected chi connectivity index (χ4v) is 1.23. The molecule has 0 radical (unpaired) electrons. The molecule has 0 unspecified atom stereocenters. The highest BCUT2D eigenvalue weighted by Crippen LogP contribution is 2.37. The van der Waals surface area contributed by atoms with Crippen LogP contribution in [0.25, 0.3) is 0 Å². The number of benzene rings is 1. The van der Waals surface area contributed by atoms with Crippen LogP contribution in [-0.2, 0) is 5.41 Å². The lowest BCUT2D eigenvalue weighted by atomic mass is 9.87. The zero-order valence-electron chi connectivity index (χ0n) is 10.1. The summed E-state index contributed by atoms with van der Waals surface area (Å²) in [4.78, 5) is 0. The Bertz CT molecular complexity index is 400. The first-order valence-corrected chi connectivity index (χ1v) is 5.17. The van der Waals surface area contributed by atoms with E-state index in [1.807, 2.05) is 20.8 Å². The second kappa shape index (κ2) is 4.40. The molecule has 0 aliphatic carbocycles. The van der Waals surface area contributed by atoms with Gasteiger partial charge >= 0.3 is 12.3 Å². The predicted octanol–water partition coefficient (Wildman–Crippen LogP) is 4.52. The van der Waals surface area contributed by atoms with Crippen LogP contribution in [0.3, 0.4) is 0 Å². The zero-order chi connectivity index (χ0) is 14.2. The third-order valence-electron chi connectivity index (χ3n) is 2.30. The Hall–Kier alpha value is -1.33. The Labute approximate surface area is 102 Å². The van der Waals surface area contributed by atoms with Gasteiger partial charge in [0.1, 0.15) is 5.75 Å². The van der Waals surface area contributed by atoms with E-state index in [0.717, 1.165) is 17.7 Å². The minimum absolute atomic E-state index is 0.217. The molecule has 1 rings (SSSR count). The molecule has 0 fully saturated rings. The van der Waals surface area contributed by atoms with Crippen LogP contribution in [0, 0.1) is 0 Å². The van der Waals surface area contributed by atoms with Gasteiger partial charge in [-0.3, -0.25) is 0 Å². The highest BCUT2D eigenvalue weighted by atomic mass is 19.4. The normalized spacial score (nSPS) is 13.6. The first-order chi connectivity index (χ1) is 7.93. The monoisotopic (exact) mass is 268 g/mol. The van der Waals surface area contributed by atoms with E-state index in [9.17, 15) is 22.0 Å². The highest BCUT2D eigenvalue weighted by molar-refractivity contribution is 5.31. The summed E-state index contributed by atoms with van der Waals surface area (Å²) in [6, 6.07) is 5.12. The summed E-state index contributed by atoms with van der Waals surface area (Å²) in [7, 11) is 0. The minimum atomic E-state index is -5.73. The molecular weight excluding hydrogens is 255 g/mol. The van der Waals surface area contributed by atoms with Gasteiger partial charge in [-0.05, 0) is 23.1 Å². The molecule has 102 valence electrons. The molecule has 0 atom stereocenters. The van der Waals surface area contributed by atoms with Gasteiger partial charge in [0.15, 0.2) is 0 Å². The van der Waals surface area contributed by atoms with Crippen LogP contribution >= 0.6 is 0 Å². The van der Waals surface area contributed by atoms with Crippen molar-refractivity contribution in [3.63, 3.8) is 0 Å². The molecule has 0 heterocycles. The van der Waals surface area contributed by atoms with Gasteiger partial charge in [-0.1, -0.05) is 32.9 Å². The molecule has 0 amide bonds. The fraction of sp³-hybridized carbons (Fsp3) is 0.500. The number of hydrogen-bond acceptors (Lipinski definition) is 1. The molecule has 0 saturated carbocycles. The zero-order valence-corrected chi connectivity index (χ0v) is 10.1. The molecular formula is C12H13F5O. The number of hydrogen-bond donors (Lipinski definition) is 0. The molecule has 1 aromatic rings. The first-order valence-electron chi connectivity index (χ1n) is 5.17. The summed E-state index contributed by atoms with van der Waals surface area (Å²) in [6.07, 6.45) is -10.9. The molecule has 0 aliphatic heterocycles. The van der Waals surface area contributed by atoms with Crippen molar-refractivity contribution in [3.8, 4) is 5.75 Å². The van der Waals surface area contributed by atoms with Gasteiger partial charge in [0, 0.05) is 0 Å². The smallest absolute Gasteiger partial charge is 0.426 e. The van der Waals surface area contributed by atoms with Gasteiger partial charge in [0.25, 0.3) is 0 Å². The van der Waals surface area contributed by atoms with Gasteiger partial charge in [-0.15, -0.1) is 0 Å². The van der Waals surface area contributed by atoms with Gasteiger partial charge < -0.3 is 4.74 Å². The van der Waals surface area contributed by atoms with Crippen LogP contribution in [-0.4, -0.2) is 12.3 Å². The third kappa shape index (κ3) is 3.34. The second-order valence-electron chi connectivity index (χ2n) is 4.89. The maximum absolute atomic E-state index is 12.6. The van der Waals surface area contributed by atoms with Gasteiger partial charge in [-0.25, -0.2) is 0 Å². The van der Waals surface area contributed by atoms with Gasteiger partial charge in [0.2, 0.25) is 0 Å². The van der Waals surface area contributed by atoms with E-state index in [2.05, 4.69) is 4.74 Å². The van der Waals surface area contributed by atoms with Crippen molar-refractivity contribution in [1.82, 2.24) is 0 Å². The van der Waals surface area contributed by atoms with Crippen LogP contribution in [0.4, 0.5) is 22.0 Å². The Kier molecular flexibility index (Phi) is 3.60. The van der Waals surface area contributed by atoms with Crippen molar-refractivity contribution in [3.05, 3.63) is 29.8 Å². The molecule has 0 saturated heterocycles. The molecule has 0 N–H and O–H groups in total. The summed E-state index contributed by atoms with van der Waals surface area (Å²) in [5.74, 6) is -0.523. The number of rotatable bonds is 2. The topological polar surface area (TPSA) is 9.23 Å². The predicted molar refractivity (Wildman–Crippen MR) is 56.8 cm³/mol. The second-order valence-corrected chi connectivity index (χ2v) is 4.89. The summed E-state index contributed by atoms with van der Waals surface area (Å²) >= 11 is 0. The van der Waals surface area contributed by atoms with E-state index in [1.54, 1.807) is 0 Å². The van der Waals surface area contributed by atoms with E-state index < -0.39 is 18.0 Å². The standard InChI is InChI=1S/C12H13F5O/c1-10(2,3)8-4-6-9(7-5-8)18-12(16,17)11(13,14)15/h4-7H,1-3H3. The highest BCUT2D eigenvalue weighted by Gasteiger charge is 2.61. The molecule has 0 aromatic heterocycles. The molecule has 18 heavy (non-hydrogen) atoms. The SMILES string of the molecule is CC(C)(C)c1ccc(OC(F)(F)C(F)(F)F)cc1. The lowest BCUT2D eigenvalue weighted by Gasteiger charge is -2.22. The summed E-state index contributed by atoms with van der Waals surface area (Å²) in [5.41, 5.74) is 0.593. The van der Waals surface area contributed by atoms with Crippen LogP contribution in [0.15, 0.2) is 24.3 Å². The van der Waals surface area contributed by atoms with Crippen molar-refractivity contribution in [2.24, 2.45) is 0 Å². The Balaban J connectivity index is 2.89. The lowest BCUT2D eigenvalue weighted by Crippen LogP contribution is -2.41. The maximum atomic E-state index is 12.6. The Morgan fingerprint density at radius 3 is 1.61 bits per heavy atom. The largest absolute Gasteiger partial charge is 0.499 e.